The highest BCUT2D eigenvalue weighted by Crippen LogP contribution is 2.15. The molecular formula is C10H11BrO. The fourth-order valence-corrected chi connectivity index (χ4v) is 1.22. The van der Waals surface area contributed by atoms with Crippen molar-refractivity contribution in [3.05, 3.63) is 42.5 Å². The third kappa shape index (κ3) is 2.70. The van der Waals surface area contributed by atoms with Crippen LogP contribution in [0.25, 0.3) is 0 Å². The molecule has 0 fully saturated rings. The number of benzene rings is 1. The first-order valence-electron chi connectivity index (χ1n) is 3.75. The Bertz CT molecular complexity index is 258. The van der Waals surface area contributed by atoms with E-state index in [0.717, 1.165) is 11.1 Å². The molecule has 0 aliphatic heterocycles. The van der Waals surface area contributed by atoms with Gasteiger partial charge in [0.1, 0.15) is 12.4 Å². The van der Waals surface area contributed by atoms with E-state index >= 15 is 0 Å². The van der Waals surface area contributed by atoms with Gasteiger partial charge in [-0.3, -0.25) is 0 Å². The zero-order valence-electron chi connectivity index (χ0n) is 6.79. The second-order valence-corrected chi connectivity index (χ2v) is 2.94. The summed E-state index contributed by atoms with van der Waals surface area (Å²) in [6, 6.07) is 7.98. The van der Waals surface area contributed by atoms with Crippen LogP contribution in [0, 0.1) is 0 Å². The second-order valence-electron chi connectivity index (χ2n) is 2.38. The maximum atomic E-state index is 5.36. The number of ether oxygens (including phenoxy) is 1. The molecule has 0 heterocycles. The van der Waals surface area contributed by atoms with Crippen LogP contribution in [0.4, 0.5) is 0 Å². The first kappa shape index (κ1) is 9.33. The van der Waals surface area contributed by atoms with Crippen LogP contribution in [0.15, 0.2) is 36.9 Å². The lowest BCUT2D eigenvalue weighted by Crippen LogP contribution is -1.92. The molecule has 1 aromatic carbocycles. The predicted octanol–water partition coefficient (Wildman–Crippen LogP) is 3.15. The fourth-order valence-electron chi connectivity index (χ4n) is 0.874. The molecule has 1 nitrogen and oxygen atoms in total. The summed E-state index contributed by atoms with van der Waals surface area (Å²) in [4.78, 5) is 0. The van der Waals surface area contributed by atoms with E-state index in [4.69, 9.17) is 4.74 Å². The largest absolute Gasteiger partial charge is 0.490 e. The average Bonchev–Trinajstić information content (AvgIpc) is 2.15. The summed E-state index contributed by atoms with van der Waals surface area (Å²) in [6.07, 6.45) is 1.74. The lowest BCUT2D eigenvalue weighted by molar-refractivity contribution is 0.363. The quantitative estimate of drug-likeness (QED) is 0.567. The zero-order chi connectivity index (χ0) is 8.81. The summed E-state index contributed by atoms with van der Waals surface area (Å²) in [5.41, 5.74) is 1.22. The molecule has 0 unspecified atom stereocenters. The van der Waals surface area contributed by atoms with E-state index in [-0.39, 0.29) is 0 Å². The molecule has 64 valence electrons. The van der Waals surface area contributed by atoms with Crippen LogP contribution in [-0.4, -0.2) is 6.61 Å². The van der Waals surface area contributed by atoms with E-state index < -0.39 is 0 Å². The van der Waals surface area contributed by atoms with Gasteiger partial charge < -0.3 is 4.74 Å². The Hall–Kier alpha value is -0.760. The minimum absolute atomic E-state index is 0.561. The van der Waals surface area contributed by atoms with Crippen molar-refractivity contribution in [1.82, 2.24) is 0 Å². The van der Waals surface area contributed by atoms with Crippen LogP contribution in [0.5, 0.6) is 5.75 Å². The van der Waals surface area contributed by atoms with Crippen molar-refractivity contribution < 1.29 is 4.74 Å². The highest BCUT2D eigenvalue weighted by molar-refractivity contribution is 9.08. The van der Waals surface area contributed by atoms with Crippen molar-refractivity contribution >= 4 is 15.9 Å². The van der Waals surface area contributed by atoms with Gasteiger partial charge in [-0.15, -0.1) is 0 Å². The van der Waals surface area contributed by atoms with Crippen molar-refractivity contribution in [1.29, 1.82) is 0 Å². The van der Waals surface area contributed by atoms with E-state index in [2.05, 4.69) is 28.6 Å². The van der Waals surface area contributed by atoms with Crippen LogP contribution < -0.4 is 4.74 Å². The Labute approximate surface area is 81.2 Å². The van der Waals surface area contributed by atoms with Crippen LogP contribution in [0.3, 0.4) is 0 Å². The highest BCUT2D eigenvalue weighted by Gasteiger charge is 1.93. The minimum atomic E-state index is 0.561. The van der Waals surface area contributed by atoms with Crippen molar-refractivity contribution in [2.75, 3.05) is 6.61 Å². The molecular weight excluding hydrogens is 216 g/mol. The van der Waals surface area contributed by atoms with Gasteiger partial charge in [0, 0.05) is 5.33 Å². The molecule has 0 radical (unpaired) electrons. The number of hydrogen-bond acceptors (Lipinski definition) is 1. The maximum Gasteiger partial charge on any atom is 0.120 e. The first-order valence-corrected chi connectivity index (χ1v) is 4.87. The summed E-state index contributed by atoms with van der Waals surface area (Å²) in [5, 5.41) is 0.859. The zero-order valence-corrected chi connectivity index (χ0v) is 8.38. The van der Waals surface area contributed by atoms with Gasteiger partial charge in [0.2, 0.25) is 0 Å². The summed E-state index contributed by atoms with van der Waals surface area (Å²) >= 11 is 3.38. The third-order valence-electron chi connectivity index (χ3n) is 1.42. The molecule has 0 spiro atoms. The standard InChI is InChI=1S/C10H11BrO/c1-2-6-12-10-5-3-4-9(7-10)8-11/h2-5,7H,1,6,8H2. The van der Waals surface area contributed by atoms with E-state index in [1.54, 1.807) is 6.08 Å². The molecule has 0 saturated heterocycles. The van der Waals surface area contributed by atoms with E-state index in [9.17, 15) is 0 Å². The van der Waals surface area contributed by atoms with E-state index in [1.807, 2.05) is 18.2 Å². The Morgan fingerprint density at radius 1 is 1.50 bits per heavy atom. The topological polar surface area (TPSA) is 9.23 Å². The Kier molecular flexibility index (Phi) is 3.88. The van der Waals surface area contributed by atoms with Crippen LogP contribution >= 0.6 is 15.9 Å². The molecule has 0 bridgehead atoms. The van der Waals surface area contributed by atoms with Crippen molar-refractivity contribution in [3.8, 4) is 5.75 Å². The number of hydrogen-bond donors (Lipinski definition) is 0. The molecule has 0 aliphatic rings. The van der Waals surface area contributed by atoms with Gasteiger partial charge in [-0.05, 0) is 17.7 Å². The molecule has 1 rings (SSSR count). The minimum Gasteiger partial charge on any atom is -0.490 e. The SMILES string of the molecule is C=CCOc1cccc(CBr)c1. The van der Waals surface area contributed by atoms with Gasteiger partial charge in [-0.1, -0.05) is 40.7 Å². The van der Waals surface area contributed by atoms with Crippen LogP contribution in [-0.2, 0) is 5.33 Å². The van der Waals surface area contributed by atoms with Crippen molar-refractivity contribution in [2.45, 2.75) is 5.33 Å². The van der Waals surface area contributed by atoms with E-state index in [1.165, 1.54) is 5.56 Å². The molecule has 2 heteroatoms. The molecule has 0 N–H and O–H groups in total. The van der Waals surface area contributed by atoms with Gasteiger partial charge in [0.05, 0.1) is 0 Å². The van der Waals surface area contributed by atoms with Gasteiger partial charge in [-0.25, -0.2) is 0 Å². The number of alkyl halides is 1. The highest BCUT2D eigenvalue weighted by atomic mass is 79.9. The monoisotopic (exact) mass is 226 g/mol. The van der Waals surface area contributed by atoms with Gasteiger partial charge in [-0.2, -0.15) is 0 Å². The molecule has 12 heavy (non-hydrogen) atoms. The average molecular weight is 227 g/mol. The maximum absolute atomic E-state index is 5.36. The van der Waals surface area contributed by atoms with Crippen molar-refractivity contribution in [3.63, 3.8) is 0 Å². The lowest BCUT2D eigenvalue weighted by atomic mass is 10.2. The number of halogens is 1. The Morgan fingerprint density at radius 3 is 3.00 bits per heavy atom. The smallest absolute Gasteiger partial charge is 0.120 e. The summed E-state index contributed by atoms with van der Waals surface area (Å²) in [5.74, 6) is 0.895. The summed E-state index contributed by atoms with van der Waals surface area (Å²) in [6.45, 7) is 4.15. The lowest BCUT2D eigenvalue weighted by Gasteiger charge is -2.03. The molecule has 0 aromatic heterocycles. The van der Waals surface area contributed by atoms with Crippen LogP contribution in [0.1, 0.15) is 5.56 Å². The molecule has 0 saturated carbocycles. The predicted molar refractivity (Wildman–Crippen MR) is 54.8 cm³/mol. The molecule has 0 atom stereocenters. The van der Waals surface area contributed by atoms with E-state index in [0.29, 0.717) is 6.61 Å². The van der Waals surface area contributed by atoms with Crippen molar-refractivity contribution in [2.24, 2.45) is 0 Å². The van der Waals surface area contributed by atoms with Gasteiger partial charge >= 0.3 is 0 Å². The normalized spacial score (nSPS) is 9.42. The fraction of sp³-hybridized carbons (Fsp3) is 0.200. The van der Waals surface area contributed by atoms with Crippen LogP contribution in [0.2, 0.25) is 0 Å². The number of rotatable bonds is 4. The summed E-state index contributed by atoms with van der Waals surface area (Å²) < 4.78 is 5.36. The van der Waals surface area contributed by atoms with Gasteiger partial charge in [0.15, 0.2) is 0 Å². The first-order chi connectivity index (χ1) is 5.86. The Morgan fingerprint density at radius 2 is 2.33 bits per heavy atom. The molecule has 0 amide bonds. The van der Waals surface area contributed by atoms with Gasteiger partial charge in [0.25, 0.3) is 0 Å². The second kappa shape index (κ2) is 4.99. The Balaban J connectivity index is 2.65. The molecule has 1 aromatic rings. The third-order valence-corrected chi connectivity index (χ3v) is 2.07. The summed E-state index contributed by atoms with van der Waals surface area (Å²) in [7, 11) is 0. The molecule has 0 aliphatic carbocycles.